The number of nitrogens with zero attached hydrogens (tertiary/aromatic N) is 1. The Kier molecular flexibility index (Phi) is 2.82. The summed E-state index contributed by atoms with van der Waals surface area (Å²) >= 11 is 5.78. The van der Waals surface area contributed by atoms with Gasteiger partial charge in [-0.05, 0) is 37.1 Å². The molecule has 0 heterocycles. The molecule has 1 N–H and O–H groups in total. The Morgan fingerprint density at radius 1 is 1.40 bits per heavy atom. The molecule has 1 aliphatic carbocycles. The van der Waals surface area contributed by atoms with Gasteiger partial charge in [-0.15, -0.1) is 0 Å². The van der Waals surface area contributed by atoms with E-state index in [0.29, 0.717) is 11.1 Å². The number of carboxylic acid groups (broad SMARTS) is 1. The molecule has 1 aliphatic rings. The van der Waals surface area contributed by atoms with Crippen LogP contribution in [-0.2, 0) is 4.79 Å². The minimum atomic E-state index is -0.795. The van der Waals surface area contributed by atoms with Crippen LogP contribution in [0.2, 0.25) is 5.02 Å². The highest BCUT2D eigenvalue weighted by Gasteiger charge is 2.30. The average Bonchev–Trinajstić information content (AvgIpc) is 2.99. The van der Waals surface area contributed by atoms with Gasteiger partial charge in [0.2, 0.25) is 0 Å². The molecule has 0 bridgehead atoms. The maximum absolute atomic E-state index is 10.7. The van der Waals surface area contributed by atoms with Gasteiger partial charge in [0.15, 0.2) is 0 Å². The SMILES string of the molecule is O=C(O)CN(c1ccc(Cl)cc1)C1CC1. The Morgan fingerprint density at radius 3 is 2.47 bits per heavy atom. The molecule has 0 radical (unpaired) electrons. The summed E-state index contributed by atoms with van der Waals surface area (Å²) in [5.74, 6) is -0.795. The van der Waals surface area contributed by atoms with Gasteiger partial charge in [0.1, 0.15) is 6.54 Å². The van der Waals surface area contributed by atoms with E-state index in [9.17, 15) is 4.79 Å². The van der Waals surface area contributed by atoms with Crippen molar-refractivity contribution in [2.45, 2.75) is 18.9 Å². The van der Waals surface area contributed by atoms with Crippen LogP contribution in [0.25, 0.3) is 0 Å². The van der Waals surface area contributed by atoms with E-state index >= 15 is 0 Å². The second-order valence-electron chi connectivity index (χ2n) is 3.73. The molecule has 80 valence electrons. The summed E-state index contributed by atoms with van der Waals surface area (Å²) < 4.78 is 0. The standard InChI is InChI=1S/C11H12ClNO2/c12-8-1-3-9(4-2-8)13(7-11(14)15)10-5-6-10/h1-4,10H,5-7H2,(H,14,15). The number of anilines is 1. The third-order valence-corrected chi connectivity index (χ3v) is 2.70. The van der Waals surface area contributed by atoms with E-state index in [-0.39, 0.29) is 6.54 Å². The molecule has 4 heteroatoms. The monoisotopic (exact) mass is 225 g/mol. The van der Waals surface area contributed by atoms with Gasteiger partial charge in [-0.2, -0.15) is 0 Å². The smallest absolute Gasteiger partial charge is 0.323 e. The van der Waals surface area contributed by atoms with Crippen LogP contribution >= 0.6 is 11.6 Å². The van der Waals surface area contributed by atoms with E-state index in [1.54, 1.807) is 12.1 Å². The number of carbonyl (C=O) groups is 1. The lowest BCUT2D eigenvalue weighted by Gasteiger charge is -2.22. The zero-order chi connectivity index (χ0) is 10.8. The van der Waals surface area contributed by atoms with Crippen LogP contribution in [0.4, 0.5) is 5.69 Å². The molecular weight excluding hydrogens is 214 g/mol. The predicted molar refractivity (Wildman–Crippen MR) is 59.5 cm³/mol. The van der Waals surface area contributed by atoms with Gasteiger partial charge >= 0.3 is 5.97 Å². The summed E-state index contributed by atoms with van der Waals surface area (Å²) in [6.07, 6.45) is 2.16. The fourth-order valence-electron chi connectivity index (χ4n) is 1.60. The average molecular weight is 226 g/mol. The minimum Gasteiger partial charge on any atom is -0.480 e. The highest BCUT2D eigenvalue weighted by molar-refractivity contribution is 6.30. The molecule has 1 aromatic carbocycles. The normalized spacial score (nSPS) is 15.0. The third-order valence-electron chi connectivity index (χ3n) is 2.45. The lowest BCUT2D eigenvalue weighted by Crippen LogP contribution is -2.31. The zero-order valence-corrected chi connectivity index (χ0v) is 8.94. The van der Waals surface area contributed by atoms with Crippen LogP contribution in [0.5, 0.6) is 0 Å². The van der Waals surface area contributed by atoms with E-state index in [0.717, 1.165) is 18.5 Å². The van der Waals surface area contributed by atoms with Gasteiger partial charge in [-0.25, -0.2) is 0 Å². The molecule has 1 fully saturated rings. The Morgan fingerprint density at radius 2 is 2.00 bits per heavy atom. The fourth-order valence-corrected chi connectivity index (χ4v) is 1.72. The quantitative estimate of drug-likeness (QED) is 0.856. The number of benzene rings is 1. The molecule has 1 aromatic rings. The van der Waals surface area contributed by atoms with Crippen LogP contribution in [0.1, 0.15) is 12.8 Å². The van der Waals surface area contributed by atoms with Gasteiger partial charge in [0, 0.05) is 16.8 Å². The summed E-state index contributed by atoms with van der Waals surface area (Å²) in [5, 5.41) is 9.48. The largest absolute Gasteiger partial charge is 0.480 e. The summed E-state index contributed by atoms with van der Waals surface area (Å²) in [7, 11) is 0. The van der Waals surface area contributed by atoms with Gasteiger partial charge < -0.3 is 10.0 Å². The van der Waals surface area contributed by atoms with Crippen molar-refractivity contribution in [2.24, 2.45) is 0 Å². The zero-order valence-electron chi connectivity index (χ0n) is 8.19. The Balaban J connectivity index is 2.16. The van der Waals surface area contributed by atoms with Crippen molar-refractivity contribution in [1.29, 1.82) is 0 Å². The molecule has 2 rings (SSSR count). The van der Waals surface area contributed by atoms with Crippen molar-refractivity contribution >= 4 is 23.3 Å². The van der Waals surface area contributed by atoms with Gasteiger partial charge in [-0.3, -0.25) is 4.79 Å². The molecular formula is C11H12ClNO2. The van der Waals surface area contributed by atoms with Gasteiger partial charge in [0.05, 0.1) is 0 Å². The molecule has 0 saturated heterocycles. The summed E-state index contributed by atoms with van der Waals surface area (Å²) in [6, 6.07) is 7.69. The molecule has 3 nitrogen and oxygen atoms in total. The molecule has 0 amide bonds. The molecule has 0 aromatic heterocycles. The lowest BCUT2D eigenvalue weighted by atomic mass is 10.3. The molecule has 15 heavy (non-hydrogen) atoms. The first-order valence-electron chi connectivity index (χ1n) is 4.91. The van der Waals surface area contributed by atoms with Crippen LogP contribution < -0.4 is 4.90 Å². The highest BCUT2D eigenvalue weighted by Crippen LogP contribution is 2.31. The van der Waals surface area contributed by atoms with Crippen LogP contribution in [0, 0.1) is 0 Å². The molecule has 0 spiro atoms. The van der Waals surface area contributed by atoms with Crippen LogP contribution in [0.3, 0.4) is 0 Å². The lowest BCUT2D eigenvalue weighted by molar-refractivity contribution is -0.135. The van der Waals surface area contributed by atoms with Crippen LogP contribution in [-0.4, -0.2) is 23.7 Å². The number of rotatable bonds is 4. The van der Waals surface area contributed by atoms with E-state index in [4.69, 9.17) is 16.7 Å². The first-order valence-corrected chi connectivity index (χ1v) is 5.28. The fraction of sp³-hybridized carbons (Fsp3) is 0.364. The van der Waals surface area contributed by atoms with Gasteiger partial charge in [0.25, 0.3) is 0 Å². The number of hydrogen-bond donors (Lipinski definition) is 1. The summed E-state index contributed by atoms with van der Waals surface area (Å²) in [6.45, 7) is 0.0618. The van der Waals surface area contributed by atoms with Crippen molar-refractivity contribution in [2.75, 3.05) is 11.4 Å². The molecule has 0 atom stereocenters. The van der Waals surface area contributed by atoms with E-state index in [1.165, 1.54) is 0 Å². The second-order valence-corrected chi connectivity index (χ2v) is 4.17. The van der Waals surface area contributed by atoms with E-state index in [2.05, 4.69) is 0 Å². The maximum Gasteiger partial charge on any atom is 0.323 e. The number of aliphatic carboxylic acids is 1. The number of carboxylic acids is 1. The predicted octanol–water partition coefficient (Wildman–Crippen LogP) is 2.39. The Hall–Kier alpha value is -1.22. The first kappa shape index (κ1) is 10.3. The van der Waals surface area contributed by atoms with Crippen molar-refractivity contribution in [3.63, 3.8) is 0 Å². The highest BCUT2D eigenvalue weighted by atomic mass is 35.5. The van der Waals surface area contributed by atoms with Crippen molar-refractivity contribution in [1.82, 2.24) is 0 Å². The van der Waals surface area contributed by atoms with Crippen LogP contribution in [0.15, 0.2) is 24.3 Å². The second kappa shape index (κ2) is 4.11. The van der Waals surface area contributed by atoms with Gasteiger partial charge in [-0.1, -0.05) is 11.6 Å². The van der Waals surface area contributed by atoms with Crippen molar-refractivity contribution in [3.05, 3.63) is 29.3 Å². The maximum atomic E-state index is 10.7. The molecule has 0 unspecified atom stereocenters. The summed E-state index contributed by atoms with van der Waals surface area (Å²) in [4.78, 5) is 12.6. The number of halogens is 1. The number of hydrogen-bond acceptors (Lipinski definition) is 2. The van der Waals surface area contributed by atoms with E-state index in [1.807, 2.05) is 17.0 Å². The third kappa shape index (κ3) is 2.63. The molecule has 1 saturated carbocycles. The van der Waals surface area contributed by atoms with Crippen molar-refractivity contribution in [3.8, 4) is 0 Å². The molecule has 0 aliphatic heterocycles. The minimum absolute atomic E-state index is 0.0618. The summed E-state index contributed by atoms with van der Waals surface area (Å²) in [5.41, 5.74) is 0.935. The van der Waals surface area contributed by atoms with E-state index < -0.39 is 5.97 Å². The first-order chi connectivity index (χ1) is 7.16. The topological polar surface area (TPSA) is 40.5 Å². The Bertz CT molecular complexity index is 359. The van der Waals surface area contributed by atoms with Crippen molar-refractivity contribution < 1.29 is 9.90 Å². The Labute approximate surface area is 93.3 Å².